The van der Waals surface area contributed by atoms with Crippen LogP contribution in [0.15, 0.2) is 0 Å². The van der Waals surface area contributed by atoms with E-state index < -0.39 is 5.97 Å². The lowest BCUT2D eigenvalue weighted by molar-refractivity contribution is -0.138. The highest BCUT2D eigenvalue weighted by molar-refractivity contribution is 6.30. The van der Waals surface area contributed by atoms with Crippen LogP contribution < -0.4 is 0 Å². The van der Waals surface area contributed by atoms with Crippen molar-refractivity contribution in [3.63, 3.8) is 0 Å². The predicted molar refractivity (Wildman–Crippen MR) is 56.0 cm³/mol. The molecule has 0 saturated heterocycles. The maximum Gasteiger partial charge on any atom is 0.303 e. The highest BCUT2D eigenvalue weighted by atomic mass is 35.5. The molecule has 0 fully saturated rings. The average molecular weight is 229 g/mol. The summed E-state index contributed by atoms with van der Waals surface area (Å²) in [4.78, 5) is 15.0. The van der Waals surface area contributed by atoms with E-state index in [9.17, 15) is 4.79 Å². The Bertz CT molecular complexity index is 400. The molecule has 0 radical (unpaired) electrons. The van der Waals surface area contributed by atoms with Gasteiger partial charge in [0.15, 0.2) is 0 Å². The van der Waals surface area contributed by atoms with E-state index in [-0.39, 0.29) is 12.3 Å². The van der Waals surface area contributed by atoms with Gasteiger partial charge in [0, 0.05) is 19.4 Å². The van der Waals surface area contributed by atoms with E-state index in [2.05, 4.69) is 4.98 Å². The molecule has 0 spiro atoms. The van der Waals surface area contributed by atoms with E-state index >= 15 is 0 Å². The summed E-state index contributed by atoms with van der Waals surface area (Å²) >= 11 is 6.08. The van der Waals surface area contributed by atoms with E-state index in [1.807, 2.05) is 11.5 Å². The Hall–Kier alpha value is -1.03. The first-order chi connectivity index (χ1) is 7.08. The Morgan fingerprint density at radius 3 is 3.13 bits per heavy atom. The van der Waals surface area contributed by atoms with Crippen LogP contribution in [-0.4, -0.2) is 20.6 Å². The number of nitrogens with zero attached hydrogens (tertiary/aromatic N) is 2. The number of aromatic nitrogens is 2. The highest BCUT2D eigenvalue weighted by Crippen LogP contribution is 2.27. The Kier molecular flexibility index (Phi) is 2.69. The number of carboxylic acids is 1. The number of carbonyl (C=O) groups is 1. The lowest BCUT2D eigenvalue weighted by atomic mass is 9.96. The van der Waals surface area contributed by atoms with Gasteiger partial charge in [-0.25, -0.2) is 4.98 Å². The molecule has 1 aromatic rings. The number of imidazole rings is 1. The molecule has 1 aliphatic rings. The number of rotatable bonds is 2. The largest absolute Gasteiger partial charge is 0.481 e. The van der Waals surface area contributed by atoms with Gasteiger partial charge in [0.25, 0.3) is 0 Å². The molecule has 1 aliphatic heterocycles. The summed E-state index contributed by atoms with van der Waals surface area (Å²) in [6.07, 6.45) is 1.93. The first-order valence-electron chi connectivity index (χ1n) is 5.01. The van der Waals surface area contributed by atoms with Crippen LogP contribution in [0.5, 0.6) is 0 Å². The fourth-order valence-electron chi connectivity index (χ4n) is 2.08. The first-order valence-corrected chi connectivity index (χ1v) is 5.39. The minimum absolute atomic E-state index is 0.182. The molecule has 82 valence electrons. The van der Waals surface area contributed by atoms with E-state index in [0.29, 0.717) is 11.7 Å². The van der Waals surface area contributed by atoms with E-state index in [1.165, 1.54) is 0 Å². The van der Waals surface area contributed by atoms with Gasteiger partial charge in [-0.3, -0.25) is 4.79 Å². The van der Waals surface area contributed by atoms with Crippen LogP contribution in [0.1, 0.15) is 24.4 Å². The normalized spacial score (nSPS) is 20.0. The molecule has 1 unspecified atom stereocenters. The molecule has 1 N–H and O–H groups in total. The van der Waals surface area contributed by atoms with Gasteiger partial charge in [0.05, 0.1) is 5.69 Å². The number of aryl methyl sites for hydroxylation is 2. The van der Waals surface area contributed by atoms with Crippen molar-refractivity contribution in [1.29, 1.82) is 0 Å². The lowest BCUT2D eigenvalue weighted by Crippen LogP contribution is -2.22. The van der Waals surface area contributed by atoms with Crippen LogP contribution in [0, 0.1) is 12.8 Å². The average Bonchev–Trinajstić information content (AvgIpc) is 2.43. The molecule has 2 heterocycles. The maximum atomic E-state index is 10.6. The smallest absolute Gasteiger partial charge is 0.303 e. The molecule has 4 nitrogen and oxygen atoms in total. The second-order valence-corrected chi connectivity index (χ2v) is 4.38. The Morgan fingerprint density at radius 2 is 2.47 bits per heavy atom. The molecule has 0 bridgehead atoms. The van der Waals surface area contributed by atoms with Crippen molar-refractivity contribution < 1.29 is 9.90 Å². The molecular weight excluding hydrogens is 216 g/mol. The van der Waals surface area contributed by atoms with Crippen LogP contribution in [-0.2, 0) is 17.8 Å². The van der Waals surface area contributed by atoms with E-state index in [0.717, 1.165) is 24.4 Å². The molecule has 1 aromatic heterocycles. The molecule has 0 aromatic carbocycles. The number of hydrogen-bond acceptors (Lipinski definition) is 2. The Balaban J connectivity index is 2.18. The summed E-state index contributed by atoms with van der Waals surface area (Å²) in [5, 5.41) is 9.38. The third kappa shape index (κ3) is 2.00. The van der Waals surface area contributed by atoms with Crippen molar-refractivity contribution in [1.82, 2.24) is 9.55 Å². The van der Waals surface area contributed by atoms with Crippen molar-refractivity contribution in [3.8, 4) is 0 Å². The summed E-state index contributed by atoms with van der Waals surface area (Å²) in [6, 6.07) is 0. The Labute approximate surface area is 92.9 Å². The lowest BCUT2D eigenvalue weighted by Gasteiger charge is -2.22. The van der Waals surface area contributed by atoms with Gasteiger partial charge in [0.1, 0.15) is 11.0 Å². The topological polar surface area (TPSA) is 55.1 Å². The van der Waals surface area contributed by atoms with Gasteiger partial charge < -0.3 is 9.67 Å². The summed E-state index contributed by atoms with van der Waals surface area (Å²) < 4.78 is 1.94. The van der Waals surface area contributed by atoms with E-state index in [1.54, 1.807) is 0 Å². The second kappa shape index (κ2) is 3.85. The van der Waals surface area contributed by atoms with Gasteiger partial charge in [-0.2, -0.15) is 0 Å². The molecule has 15 heavy (non-hydrogen) atoms. The third-order valence-electron chi connectivity index (χ3n) is 2.82. The minimum atomic E-state index is -0.739. The fraction of sp³-hybridized carbons (Fsp3) is 0.600. The molecule has 1 atom stereocenters. The second-order valence-electron chi connectivity index (χ2n) is 4.02. The van der Waals surface area contributed by atoms with Crippen molar-refractivity contribution in [2.24, 2.45) is 5.92 Å². The zero-order chi connectivity index (χ0) is 11.0. The SMILES string of the molecule is Cc1nc2n(c1Cl)CC(CC(=O)O)CC2. The van der Waals surface area contributed by atoms with Crippen molar-refractivity contribution >= 4 is 17.6 Å². The van der Waals surface area contributed by atoms with Crippen molar-refractivity contribution in [2.45, 2.75) is 32.7 Å². The quantitative estimate of drug-likeness (QED) is 0.841. The zero-order valence-corrected chi connectivity index (χ0v) is 9.29. The monoisotopic (exact) mass is 228 g/mol. The molecule has 5 heteroatoms. The van der Waals surface area contributed by atoms with Crippen LogP contribution in [0.4, 0.5) is 0 Å². The summed E-state index contributed by atoms with van der Waals surface area (Å²) in [5.74, 6) is 0.427. The fourth-order valence-corrected chi connectivity index (χ4v) is 2.29. The van der Waals surface area contributed by atoms with Gasteiger partial charge in [-0.15, -0.1) is 0 Å². The van der Waals surface area contributed by atoms with Gasteiger partial charge in [-0.1, -0.05) is 11.6 Å². The van der Waals surface area contributed by atoms with Crippen molar-refractivity contribution in [2.75, 3.05) is 0 Å². The molecular formula is C10H13ClN2O2. The number of fused-ring (bicyclic) bond motifs is 1. The van der Waals surface area contributed by atoms with Crippen LogP contribution in [0.25, 0.3) is 0 Å². The van der Waals surface area contributed by atoms with Crippen molar-refractivity contribution in [3.05, 3.63) is 16.7 Å². The van der Waals surface area contributed by atoms with E-state index in [4.69, 9.17) is 16.7 Å². The van der Waals surface area contributed by atoms with Gasteiger partial charge >= 0.3 is 5.97 Å². The summed E-state index contributed by atoms with van der Waals surface area (Å²) in [7, 11) is 0. The molecule has 0 aliphatic carbocycles. The summed E-state index contributed by atoms with van der Waals surface area (Å²) in [6.45, 7) is 2.56. The standard InChI is InChI=1S/C10H13ClN2O2/c1-6-10(11)13-5-7(4-9(14)15)2-3-8(13)12-6/h7H,2-5H2,1H3,(H,14,15). The predicted octanol–water partition coefficient (Wildman–Crippen LogP) is 1.88. The highest BCUT2D eigenvalue weighted by Gasteiger charge is 2.24. The molecule has 0 saturated carbocycles. The van der Waals surface area contributed by atoms with Gasteiger partial charge in [-0.05, 0) is 19.3 Å². The van der Waals surface area contributed by atoms with Crippen LogP contribution in [0.2, 0.25) is 5.15 Å². The summed E-state index contributed by atoms with van der Waals surface area (Å²) in [5.41, 5.74) is 0.836. The third-order valence-corrected chi connectivity index (χ3v) is 3.30. The number of halogens is 1. The molecule has 2 rings (SSSR count). The minimum Gasteiger partial charge on any atom is -0.481 e. The number of aliphatic carboxylic acids is 1. The Morgan fingerprint density at radius 1 is 1.73 bits per heavy atom. The number of carboxylic acid groups (broad SMARTS) is 1. The zero-order valence-electron chi connectivity index (χ0n) is 8.53. The van der Waals surface area contributed by atoms with Crippen LogP contribution >= 0.6 is 11.6 Å². The number of hydrogen-bond donors (Lipinski definition) is 1. The maximum absolute atomic E-state index is 10.6. The van der Waals surface area contributed by atoms with Gasteiger partial charge in [0.2, 0.25) is 0 Å². The van der Waals surface area contributed by atoms with Crippen LogP contribution in [0.3, 0.4) is 0 Å². The molecule has 0 amide bonds. The first kappa shape index (κ1) is 10.5.